The SMILES string of the molecule is Fc1cccc(OCCc2cc(C3CN(Cc4ncc[nH]4)CCO3)n[nH]2)c1. The fourth-order valence-corrected chi connectivity index (χ4v) is 3.13. The summed E-state index contributed by atoms with van der Waals surface area (Å²) in [5.41, 5.74) is 1.85. The number of ether oxygens (including phenoxy) is 2. The summed E-state index contributed by atoms with van der Waals surface area (Å²) < 4.78 is 24.6. The van der Waals surface area contributed by atoms with E-state index in [1.54, 1.807) is 18.3 Å². The second-order valence-corrected chi connectivity index (χ2v) is 6.50. The zero-order chi connectivity index (χ0) is 18.5. The van der Waals surface area contributed by atoms with E-state index in [9.17, 15) is 4.39 Å². The first-order chi connectivity index (χ1) is 13.3. The number of hydrogen-bond donors (Lipinski definition) is 2. The van der Waals surface area contributed by atoms with Crippen molar-refractivity contribution >= 4 is 0 Å². The Morgan fingerprint density at radius 1 is 1.33 bits per heavy atom. The van der Waals surface area contributed by atoms with Gasteiger partial charge in [0, 0.05) is 43.7 Å². The van der Waals surface area contributed by atoms with Crippen LogP contribution < -0.4 is 4.74 Å². The van der Waals surface area contributed by atoms with Gasteiger partial charge in [0.25, 0.3) is 0 Å². The molecule has 1 aromatic carbocycles. The van der Waals surface area contributed by atoms with Crippen molar-refractivity contribution < 1.29 is 13.9 Å². The molecule has 2 N–H and O–H groups in total. The van der Waals surface area contributed by atoms with Gasteiger partial charge in [0.15, 0.2) is 0 Å². The molecule has 8 heteroatoms. The molecule has 1 aliphatic rings. The summed E-state index contributed by atoms with van der Waals surface area (Å²) in [5.74, 6) is 1.18. The zero-order valence-electron chi connectivity index (χ0n) is 14.9. The van der Waals surface area contributed by atoms with E-state index >= 15 is 0 Å². The molecule has 0 spiro atoms. The molecule has 4 rings (SSSR count). The highest BCUT2D eigenvalue weighted by Crippen LogP contribution is 2.22. The van der Waals surface area contributed by atoms with E-state index in [1.165, 1.54) is 12.1 Å². The normalized spacial score (nSPS) is 17.9. The Kier molecular flexibility index (Phi) is 5.45. The second-order valence-electron chi connectivity index (χ2n) is 6.50. The minimum atomic E-state index is -0.301. The molecular formula is C19H22FN5O2. The molecule has 0 aliphatic carbocycles. The molecule has 2 aromatic heterocycles. The monoisotopic (exact) mass is 371 g/mol. The first-order valence-corrected chi connectivity index (χ1v) is 9.01. The van der Waals surface area contributed by atoms with Crippen LogP contribution in [-0.4, -0.2) is 51.4 Å². The fraction of sp³-hybridized carbons (Fsp3) is 0.368. The lowest BCUT2D eigenvalue weighted by atomic mass is 10.2. The molecular weight excluding hydrogens is 349 g/mol. The van der Waals surface area contributed by atoms with Crippen LogP contribution in [0.2, 0.25) is 0 Å². The van der Waals surface area contributed by atoms with E-state index < -0.39 is 0 Å². The fourth-order valence-electron chi connectivity index (χ4n) is 3.13. The van der Waals surface area contributed by atoms with Gasteiger partial charge < -0.3 is 14.5 Å². The van der Waals surface area contributed by atoms with Crippen LogP contribution in [0.25, 0.3) is 0 Å². The number of benzene rings is 1. The smallest absolute Gasteiger partial charge is 0.126 e. The van der Waals surface area contributed by atoms with Crippen molar-refractivity contribution in [3.63, 3.8) is 0 Å². The van der Waals surface area contributed by atoms with E-state index in [0.29, 0.717) is 25.4 Å². The maximum atomic E-state index is 13.2. The number of H-pyrrole nitrogens is 2. The number of morpholine rings is 1. The quantitative estimate of drug-likeness (QED) is 0.667. The number of imidazole rings is 1. The van der Waals surface area contributed by atoms with Crippen molar-refractivity contribution in [2.75, 3.05) is 26.3 Å². The Morgan fingerprint density at radius 3 is 3.15 bits per heavy atom. The van der Waals surface area contributed by atoms with Gasteiger partial charge in [0.1, 0.15) is 23.5 Å². The lowest BCUT2D eigenvalue weighted by Crippen LogP contribution is -2.38. The third-order valence-electron chi connectivity index (χ3n) is 4.50. The molecule has 3 heterocycles. The van der Waals surface area contributed by atoms with Crippen molar-refractivity contribution in [2.45, 2.75) is 19.1 Å². The minimum absolute atomic E-state index is 0.0668. The maximum Gasteiger partial charge on any atom is 0.126 e. The molecule has 1 aliphatic heterocycles. The molecule has 27 heavy (non-hydrogen) atoms. The van der Waals surface area contributed by atoms with Crippen molar-refractivity contribution in [3.05, 3.63) is 65.8 Å². The molecule has 0 radical (unpaired) electrons. The molecule has 0 bridgehead atoms. The number of halogens is 1. The van der Waals surface area contributed by atoms with Crippen molar-refractivity contribution in [3.8, 4) is 5.75 Å². The van der Waals surface area contributed by atoms with Gasteiger partial charge >= 0.3 is 0 Å². The summed E-state index contributed by atoms with van der Waals surface area (Å²) >= 11 is 0. The van der Waals surface area contributed by atoms with E-state index in [2.05, 4.69) is 25.1 Å². The van der Waals surface area contributed by atoms with Crippen LogP contribution in [0.5, 0.6) is 5.75 Å². The number of nitrogens with one attached hydrogen (secondary N) is 2. The molecule has 1 fully saturated rings. The van der Waals surface area contributed by atoms with Gasteiger partial charge in [-0.15, -0.1) is 0 Å². The van der Waals surface area contributed by atoms with Gasteiger partial charge in [0.2, 0.25) is 0 Å². The van der Waals surface area contributed by atoms with E-state index in [0.717, 1.165) is 36.8 Å². The van der Waals surface area contributed by atoms with Gasteiger partial charge in [-0.2, -0.15) is 5.10 Å². The van der Waals surface area contributed by atoms with Crippen molar-refractivity contribution in [2.24, 2.45) is 0 Å². The third kappa shape index (κ3) is 4.72. The Hall–Kier alpha value is -2.71. The highest BCUT2D eigenvalue weighted by Gasteiger charge is 2.24. The number of hydrogen-bond acceptors (Lipinski definition) is 5. The van der Waals surface area contributed by atoms with E-state index in [1.807, 2.05) is 12.3 Å². The average molecular weight is 371 g/mol. The van der Waals surface area contributed by atoms with Gasteiger partial charge in [-0.1, -0.05) is 6.07 Å². The van der Waals surface area contributed by atoms with Gasteiger partial charge in [-0.25, -0.2) is 9.37 Å². The molecule has 142 valence electrons. The van der Waals surface area contributed by atoms with Crippen LogP contribution >= 0.6 is 0 Å². The molecule has 7 nitrogen and oxygen atoms in total. The lowest BCUT2D eigenvalue weighted by molar-refractivity contribution is -0.0356. The van der Waals surface area contributed by atoms with Crippen LogP contribution in [0.15, 0.2) is 42.7 Å². The highest BCUT2D eigenvalue weighted by molar-refractivity contribution is 5.22. The summed E-state index contributed by atoms with van der Waals surface area (Å²) in [6.45, 7) is 3.52. The number of rotatable bonds is 7. The zero-order valence-corrected chi connectivity index (χ0v) is 14.9. The predicted octanol–water partition coefficient (Wildman–Crippen LogP) is 2.47. The summed E-state index contributed by atoms with van der Waals surface area (Å²) in [7, 11) is 0. The molecule has 1 unspecified atom stereocenters. The molecule has 3 aromatic rings. The third-order valence-corrected chi connectivity index (χ3v) is 4.50. The summed E-state index contributed by atoms with van der Waals surface area (Å²) in [6.07, 6.45) is 4.19. The average Bonchev–Trinajstić information content (AvgIpc) is 3.34. The van der Waals surface area contributed by atoms with Crippen molar-refractivity contribution in [1.82, 2.24) is 25.1 Å². The standard InChI is InChI=1S/C19H22FN5O2/c20-14-2-1-3-16(10-14)26-8-4-15-11-17(24-23-15)18-12-25(7-9-27-18)13-19-21-5-6-22-19/h1-3,5-6,10-11,18H,4,7-9,12-13H2,(H,21,22)(H,23,24). The van der Waals surface area contributed by atoms with Crippen molar-refractivity contribution in [1.29, 1.82) is 0 Å². The van der Waals surface area contributed by atoms with Crippen LogP contribution in [-0.2, 0) is 17.7 Å². The maximum absolute atomic E-state index is 13.2. The molecule has 0 amide bonds. The highest BCUT2D eigenvalue weighted by atomic mass is 19.1. The van der Waals surface area contributed by atoms with Crippen LogP contribution in [0, 0.1) is 5.82 Å². The van der Waals surface area contributed by atoms with E-state index in [4.69, 9.17) is 9.47 Å². The first-order valence-electron chi connectivity index (χ1n) is 9.01. The topological polar surface area (TPSA) is 79.1 Å². The Morgan fingerprint density at radius 2 is 2.30 bits per heavy atom. The summed E-state index contributed by atoms with van der Waals surface area (Å²) in [5, 5.41) is 7.44. The Bertz CT molecular complexity index is 851. The van der Waals surface area contributed by atoms with Crippen LogP contribution in [0.4, 0.5) is 4.39 Å². The second kappa shape index (κ2) is 8.32. The Labute approximate surface area is 156 Å². The van der Waals surface area contributed by atoms with Gasteiger partial charge in [-0.05, 0) is 18.2 Å². The largest absolute Gasteiger partial charge is 0.493 e. The molecule has 1 saturated heterocycles. The van der Waals surface area contributed by atoms with E-state index in [-0.39, 0.29) is 11.9 Å². The molecule has 0 saturated carbocycles. The predicted molar refractivity (Wildman–Crippen MR) is 96.7 cm³/mol. The number of aromatic amines is 2. The number of nitrogens with zero attached hydrogens (tertiary/aromatic N) is 3. The Balaban J connectivity index is 1.29. The molecule has 1 atom stereocenters. The van der Waals surface area contributed by atoms with Crippen LogP contribution in [0.1, 0.15) is 23.3 Å². The minimum Gasteiger partial charge on any atom is -0.493 e. The first kappa shape index (κ1) is 17.7. The number of aromatic nitrogens is 4. The van der Waals surface area contributed by atoms with Gasteiger partial charge in [0.05, 0.1) is 25.5 Å². The summed E-state index contributed by atoms with van der Waals surface area (Å²) in [4.78, 5) is 9.71. The lowest BCUT2D eigenvalue weighted by Gasteiger charge is -2.31. The summed E-state index contributed by atoms with van der Waals surface area (Å²) in [6, 6.07) is 8.16. The van der Waals surface area contributed by atoms with Gasteiger partial charge in [-0.3, -0.25) is 10.00 Å². The van der Waals surface area contributed by atoms with Crippen LogP contribution in [0.3, 0.4) is 0 Å².